The van der Waals surface area contributed by atoms with Crippen LogP contribution in [0.5, 0.6) is 17.2 Å². The highest BCUT2D eigenvalue weighted by molar-refractivity contribution is 5.76. The van der Waals surface area contributed by atoms with Gasteiger partial charge in [-0.2, -0.15) is 4.98 Å². The molecule has 0 amide bonds. The summed E-state index contributed by atoms with van der Waals surface area (Å²) in [7, 11) is 1.59. The summed E-state index contributed by atoms with van der Waals surface area (Å²) in [5.74, 6) is 2.87. The Balaban J connectivity index is 1.44. The lowest BCUT2D eigenvalue weighted by molar-refractivity contribution is 0.165. The van der Waals surface area contributed by atoms with Crippen LogP contribution in [-0.2, 0) is 0 Å². The van der Waals surface area contributed by atoms with Gasteiger partial charge in [0.15, 0.2) is 11.5 Å². The number of rotatable bonds is 6. The van der Waals surface area contributed by atoms with Gasteiger partial charge in [0.2, 0.25) is 11.7 Å². The van der Waals surface area contributed by atoms with Crippen LogP contribution in [0, 0.1) is 6.92 Å². The summed E-state index contributed by atoms with van der Waals surface area (Å²) in [6.07, 6.45) is 5.24. The average molecular weight is 442 g/mol. The fourth-order valence-electron chi connectivity index (χ4n) is 3.44. The van der Waals surface area contributed by atoms with Crippen molar-refractivity contribution in [3.63, 3.8) is 0 Å². The lowest BCUT2D eigenvalue weighted by Gasteiger charge is -2.21. The van der Waals surface area contributed by atoms with Crippen LogP contribution in [0.3, 0.4) is 0 Å². The van der Waals surface area contributed by atoms with Gasteiger partial charge in [-0.1, -0.05) is 6.07 Å². The van der Waals surface area contributed by atoms with Gasteiger partial charge in [-0.25, -0.2) is 4.98 Å². The van der Waals surface area contributed by atoms with Crippen molar-refractivity contribution in [2.45, 2.75) is 6.92 Å². The smallest absolute Gasteiger partial charge is 0.229 e. The molecule has 5 rings (SSSR count). The van der Waals surface area contributed by atoms with Gasteiger partial charge in [-0.3, -0.25) is 9.97 Å². The number of aromatic nitrogens is 4. The van der Waals surface area contributed by atoms with Gasteiger partial charge >= 0.3 is 0 Å². The Bertz CT molecular complexity index is 1270. The van der Waals surface area contributed by atoms with Crippen LogP contribution >= 0.6 is 0 Å². The maximum Gasteiger partial charge on any atom is 0.229 e. The van der Waals surface area contributed by atoms with Gasteiger partial charge in [-0.15, -0.1) is 0 Å². The van der Waals surface area contributed by atoms with E-state index >= 15 is 0 Å². The molecule has 0 saturated heterocycles. The lowest BCUT2D eigenvalue weighted by atomic mass is 10.2. The predicted molar refractivity (Wildman–Crippen MR) is 125 cm³/mol. The van der Waals surface area contributed by atoms with Gasteiger partial charge < -0.3 is 24.8 Å². The summed E-state index contributed by atoms with van der Waals surface area (Å²) in [5, 5.41) is 6.60. The maximum absolute atomic E-state index is 5.71. The predicted octanol–water partition coefficient (Wildman–Crippen LogP) is 4.51. The molecule has 0 fully saturated rings. The quantitative estimate of drug-likeness (QED) is 0.446. The summed E-state index contributed by atoms with van der Waals surface area (Å²) in [4.78, 5) is 18.0. The number of hydrogen-bond donors (Lipinski definition) is 2. The topological polar surface area (TPSA) is 103 Å². The number of pyridine rings is 2. The van der Waals surface area contributed by atoms with E-state index in [2.05, 4.69) is 30.6 Å². The molecule has 0 atom stereocenters. The third kappa shape index (κ3) is 4.33. The molecule has 2 N–H and O–H groups in total. The van der Waals surface area contributed by atoms with Crippen molar-refractivity contribution in [1.82, 2.24) is 19.9 Å². The Morgan fingerprint density at radius 3 is 2.67 bits per heavy atom. The largest absolute Gasteiger partial charge is 0.493 e. The number of ether oxygens (including phenoxy) is 3. The summed E-state index contributed by atoms with van der Waals surface area (Å²) in [5.41, 5.74) is 3.92. The van der Waals surface area contributed by atoms with Gasteiger partial charge in [0.25, 0.3) is 0 Å². The number of hydrogen-bond acceptors (Lipinski definition) is 9. The molecule has 3 aromatic heterocycles. The second kappa shape index (κ2) is 8.99. The lowest BCUT2D eigenvalue weighted by Crippen LogP contribution is -2.16. The molecule has 0 bridgehead atoms. The fourth-order valence-corrected chi connectivity index (χ4v) is 3.44. The van der Waals surface area contributed by atoms with Gasteiger partial charge in [-0.05, 0) is 31.2 Å². The minimum atomic E-state index is 0.421. The molecule has 0 radical (unpaired) electrons. The third-order valence-corrected chi connectivity index (χ3v) is 5.02. The Hall–Kier alpha value is -4.40. The molecular formula is C24H22N6O3. The second-order valence-electron chi connectivity index (χ2n) is 7.29. The van der Waals surface area contributed by atoms with Gasteiger partial charge in [0, 0.05) is 42.0 Å². The summed E-state index contributed by atoms with van der Waals surface area (Å²) < 4.78 is 16.8. The second-order valence-corrected chi connectivity index (χ2v) is 7.29. The van der Waals surface area contributed by atoms with Crippen LogP contribution in [0.1, 0.15) is 5.56 Å². The Morgan fingerprint density at radius 2 is 1.82 bits per heavy atom. The van der Waals surface area contributed by atoms with Crippen molar-refractivity contribution in [3.05, 3.63) is 66.6 Å². The van der Waals surface area contributed by atoms with Crippen LogP contribution in [0.15, 0.2) is 61.1 Å². The summed E-state index contributed by atoms with van der Waals surface area (Å²) >= 11 is 0. The normalized spacial score (nSPS) is 12.2. The first-order valence-electron chi connectivity index (χ1n) is 10.4. The standard InChI is InChI=1S/C24H22N6O3/c1-15-14-27-24(28-16-12-19(31-2)22-20(13-16)32-10-11-33-22)30-23(15)29-18-7-5-9-26-21(18)17-6-3-4-8-25-17/h3-9,12-14H,10-11H2,1-2H3,(H2,27,28,29,30). The molecule has 0 saturated carbocycles. The molecule has 4 heterocycles. The highest BCUT2D eigenvalue weighted by Crippen LogP contribution is 2.42. The number of fused-ring (bicyclic) bond motifs is 1. The summed E-state index contributed by atoms with van der Waals surface area (Å²) in [6.45, 7) is 2.91. The van der Waals surface area contributed by atoms with E-state index in [1.165, 1.54) is 0 Å². The molecule has 9 nitrogen and oxygen atoms in total. The van der Waals surface area contributed by atoms with E-state index in [1.54, 1.807) is 25.7 Å². The average Bonchev–Trinajstić information content (AvgIpc) is 2.86. The molecule has 33 heavy (non-hydrogen) atoms. The van der Waals surface area contributed by atoms with Crippen LogP contribution in [0.4, 0.5) is 23.1 Å². The Morgan fingerprint density at radius 1 is 0.939 bits per heavy atom. The first-order chi connectivity index (χ1) is 16.2. The van der Waals surface area contributed by atoms with Crippen LogP contribution in [-0.4, -0.2) is 40.3 Å². The minimum absolute atomic E-state index is 0.421. The van der Waals surface area contributed by atoms with Crippen molar-refractivity contribution in [2.75, 3.05) is 31.0 Å². The molecule has 1 aromatic carbocycles. The Labute approximate surface area is 190 Å². The van der Waals surface area contributed by atoms with Crippen molar-refractivity contribution in [3.8, 4) is 28.6 Å². The molecule has 0 aliphatic carbocycles. The van der Waals surface area contributed by atoms with E-state index in [0.29, 0.717) is 42.2 Å². The highest BCUT2D eigenvalue weighted by atomic mass is 16.6. The number of nitrogens with one attached hydrogen (secondary N) is 2. The molecule has 9 heteroatoms. The molecule has 4 aromatic rings. The minimum Gasteiger partial charge on any atom is -0.493 e. The number of methoxy groups -OCH3 is 1. The monoisotopic (exact) mass is 442 g/mol. The van der Waals surface area contributed by atoms with Crippen LogP contribution in [0.25, 0.3) is 11.4 Å². The van der Waals surface area contributed by atoms with E-state index < -0.39 is 0 Å². The number of aryl methyl sites for hydroxylation is 1. The fraction of sp³-hybridized carbons (Fsp3) is 0.167. The number of nitrogens with zero attached hydrogens (tertiary/aromatic N) is 4. The first-order valence-corrected chi connectivity index (χ1v) is 10.4. The van der Waals surface area contributed by atoms with Gasteiger partial charge in [0.1, 0.15) is 24.7 Å². The van der Waals surface area contributed by atoms with Crippen molar-refractivity contribution >= 4 is 23.1 Å². The maximum atomic E-state index is 5.71. The number of anilines is 4. The highest BCUT2D eigenvalue weighted by Gasteiger charge is 2.19. The first kappa shape index (κ1) is 20.5. The molecule has 1 aliphatic heterocycles. The van der Waals surface area contributed by atoms with E-state index in [1.807, 2.05) is 49.4 Å². The third-order valence-electron chi connectivity index (χ3n) is 5.02. The zero-order chi connectivity index (χ0) is 22.6. The zero-order valence-corrected chi connectivity index (χ0v) is 18.2. The SMILES string of the molecule is COc1cc(Nc2ncc(C)c(Nc3cccnc3-c3ccccn3)n2)cc2c1OCCO2. The number of benzene rings is 1. The molecular weight excluding hydrogens is 420 g/mol. The van der Waals surface area contributed by atoms with Gasteiger partial charge in [0.05, 0.1) is 18.5 Å². The Kier molecular flexibility index (Phi) is 5.59. The van der Waals surface area contributed by atoms with Crippen LogP contribution in [0.2, 0.25) is 0 Å². The molecule has 1 aliphatic rings. The van der Waals surface area contributed by atoms with E-state index in [4.69, 9.17) is 14.2 Å². The summed E-state index contributed by atoms with van der Waals surface area (Å²) in [6, 6.07) is 13.2. The van der Waals surface area contributed by atoms with Crippen molar-refractivity contribution in [1.29, 1.82) is 0 Å². The molecule has 0 unspecified atom stereocenters. The van der Waals surface area contributed by atoms with E-state index in [-0.39, 0.29) is 0 Å². The van der Waals surface area contributed by atoms with E-state index in [0.717, 1.165) is 28.3 Å². The van der Waals surface area contributed by atoms with E-state index in [9.17, 15) is 0 Å². The molecule has 166 valence electrons. The van der Waals surface area contributed by atoms with Crippen molar-refractivity contribution < 1.29 is 14.2 Å². The molecule has 0 spiro atoms. The zero-order valence-electron chi connectivity index (χ0n) is 18.2. The van der Waals surface area contributed by atoms with Crippen LogP contribution < -0.4 is 24.8 Å². The van der Waals surface area contributed by atoms with Crippen molar-refractivity contribution in [2.24, 2.45) is 0 Å².